The first kappa shape index (κ1) is 15.2. The van der Waals surface area contributed by atoms with Gasteiger partial charge in [-0.05, 0) is 45.6 Å². The molecule has 102 valence electrons. The summed E-state index contributed by atoms with van der Waals surface area (Å²) in [6.45, 7) is 10.2. The van der Waals surface area contributed by atoms with E-state index < -0.39 is 0 Å². The van der Waals surface area contributed by atoms with Crippen molar-refractivity contribution in [3.05, 3.63) is 22.4 Å². The van der Waals surface area contributed by atoms with Crippen molar-refractivity contribution in [3.63, 3.8) is 0 Å². The minimum Gasteiger partial charge on any atom is -0.350 e. The van der Waals surface area contributed by atoms with Crippen LogP contribution >= 0.6 is 11.3 Å². The molecule has 3 nitrogen and oxygen atoms in total. The van der Waals surface area contributed by atoms with E-state index in [2.05, 4.69) is 35.9 Å². The molecule has 0 spiro atoms. The Morgan fingerprint density at radius 2 is 2.11 bits per heavy atom. The number of amides is 1. The van der Waals surface area contributed by atoms with Crippen molar-refractivity contribution >= 4 is 17.2 Å². The number of hydrogen-bond donors (Lipinski definition) is 2. The average Bonchev–Trinajstić information content (AvgIpc) is 2.81. The molecule has 1 heterocycles. The van der Waals surface area contributed by atoms with Crippen LogP contribution in [-0.4, -0.2) is 17.5 Å². The Morgan fingerprint density at radius 1 is 1.44 bits per heavy atom. The van der Waals surface area contributed by atoms with E-state index in [-0.39, 0.29) is 23.5 Å². The monoisotopic (exact) mass is 268 g/mol. The van der Waals surface area contributed by atoms with Crippen molar-refractivity contribution in [2.75, 3.05) is 0 Å². The maximum absolute atomic E-state index is 12.1. The highest BCUT2D eigenvalue weighted by molar-refractivity contribution is 7.10. The lowest BCUT2D eigenvalue weighted by Crippen LogP contribution is -2.51. The van der Waals surface area contributed by atoms with E-state index in [9.17, 15) is 4.79 Å². The Labute approximate surface area is 114 Å². The molecule has 1 rings (SSSR count). The Balaban J connectivity index is 2.50. The number of carbonyl (C=O) groups is 1. The number of nitrogens with one attached hydrogen (secondary N) is 2. The number of carbonyl (C=O) groups excluding carboxylic acids is 1. The van der Waals surface area contributed by atoms with Gasteiger partial charge in [-0.2, -0.15) is 0 Å². The molecule has 0 saturated carbocycles. The first-order chi connectivity index (χ1) is 8.35. The molecule has 0 radical (unpaired) electrons. The van der Waals surface area contributed by atoms with Gasteiger partial charge in [0, 0.05) is 16.5 Å². The van der Waals surface area contributed by atoms with Crippen molar-refractivity contribution in [2.45, 2.75) is 58.7 Å². The first-order valence-corrected chi connectivity index (χ1v) is 7.35. The molecule has 0 aliphatic heterocycles. The topological polar surface area (TPSA) is 41.1 Å². The summed E-state index contributed by atoms with van der Waals surface area (Å²) in [5.74, 6) is 0.0604. The van der Waals surface area contributed by atoms with Gasteiger partial charge in [0.05, 0.1) is 6.04 Å². The second kappa shape index (κ2) is 6.34. The molecule has 4 heteroatoms. The molecule has 1 aromatic heterocycles. The normalized spacial score (nSPS) is 15.2. The molecule has 1 amide bonds. The van der Waals surface area contributed by atoms with Gasteiger partial charge < -0.3 is 5.32 Å². The zero-order chi connectivity index (χ0) is 13.8. The van der Waals surface area contributed by atoms with Crippen molar-refractivity contribution < 1.29 is 4.79 Å². The van der Waals surface area contributed by atoms with Gasteiger partial charge in [-0.3, -0.25) is 10.1 Å². The van der Waals surface area contributed by atoms with Crippen LogP contribution in [0.1, 0.15) is 52.0 Å². The van der Waals surface area contributed by atoms with Crippen molar-refractivity contribution in [1.82, 2.24) is 10.6 Å². The minimum atomic E-state index is -0.187. The Bertz CT molecular complexity index is 373. The fourth-order valence-corrected chi connectivity index (χ4v) is 2.34. The molecule has 0 fully saturated rings. The molecule has 0 aromatic carbocycles. The second-order valence-corrected chi connectivity index (χ2v) is 6.33. The van der Waals surface area contributed by atoms with Crippen molar-refractivity contribution in [2.24, 2.45) is 0 Å². The molecule has 0 saturated heterocycles. The third-order valence-corrected chi connectivity index (χ3v) is 4.26. The van der Waals surface area contributed by atoms with Crippen LogP contribution in [0.4, 0.5) is 0 Å². The predicted molar refractivity (Wildman–Crippen MR) is 77.8 cm³/mol. The molecule has 0 bridgehead atoms. The lowest BCUT2D eigenvalue weighted by atomic mass is 10.0. The van der Waals surface area contributed by atoms with Gasteiger partial charge in [-0.25, -0.2) is 0 Å². The van der Waals surface area contributed by atoms with Crippen LogP contribution in [0.15, 0.2) is 17.5 Å². The second-order valence-electron chi connectivity index (χ2n) is 5.35. The standard InChI is InChI=1S/C14H24N2OS/c1-6-14(4,5)16-13(17)11(3)15-10(2)12-8-7-9-18-12/h7-11,15H,6H2,1-5H3,(H,16,17)/t10-,11?/m0/s1. The fraction of sp³-hybridized carbons (Fsp3) is 0.643. The SMILES string of the molecule is CCC(C)(C)NC(=O)C(C)N[C@@H](C)c1cccs1. The molecule has 0 aliphatic rings. The zero-order valence-electron chi connectivity index (χ0n) is 11.9. The van der Waals surface area contributed by atoms with Crippen LogP contribution < -0.4 is 10.6 Å². The molecule has 18 heavy (non-hydrogen) atoms. The van der Waals surface area contributed by atoms with E-state index in [4.69, 9.17) is 0 Å². The van der Waals surface area contributed by atoms with Gasteiger partial charge in [0.15, 0.2) is 0 Å². The number of rotatable bonds is 6. The highest BCUT2D eigenvalue weighted by Crippen LogP contribution is 2.18. The summed E-state index contributed by atoms with van der Waals surface area (Å²) in [5, 5.41) is 8.44. The largest absolute Gasteiger partial charge is 0.350 e. The summed E-state index contributed by atoms with van der Waals surface area (Å²) in [5.41, 5.74) is -0.140. The van der Waals surface area contributed by atoms with Gasteiger partial charge in [-0.15, -0.1) is 11.3 Å². The molecule has 1 aromatic rings. The predicted octanol–water partition coefficient (Wildman–Crippen LogP) is 3.09. The summed E-state index contributed by atoms with van der Waals surface area (Å²) >= 11 is 1.71. The Hall–Kier alpha value is -0.870. The highest BCUT2D eigenvalue weighted by Gasteiger charge is 2.22. The van der Waals surface area contributed by atoms with Gasteiger partial charge in [0.2, 0.25) is 5.91 Å². The van der Waals surface area contributed by atoms with E-state index in [1.165, 1.54) is 4.88 Å². The molecule has 2 atom stereocenters. The van der Waals surface area contributed by atoms with E-state index in [0.29, 0.717) is 0 Å². The van der Waals surface area contributed by atoms with Gasteiger partial charge in [-0.1, -0.05) is 13.0 Å². The fourth-order valence-electron chi connectivity index (χ4n) is 1.60. The summed E-state index contributed by atoms with van der Waals surface area (Å²) in [6.07, 6.45) is 0.923. The average molecular weight is 268 g/mol. The van der Waals surface area contributed by atoms with E-state index >= 15 is 0 Å². The molecule has 0 aliphatic carbocycles. The maximum atomic E-state index is 12.1. The summed E-state index contributed by atoms with van der Waals surface area (Å²) in [4.78, 5) is 13.3. The number of hydrogen-bond acceptors (Lipinski definition) is 3. The molecule has 1 unspecified atom stereocenters. The quantitative estimate of drug-likeness (QED) is 0.832. The van der Waals surface area contributed by atoms with E-state index in [0.717, 1.165) is 6.42 Å². The van der Waals surface area contributed by atoms with E-state index in [1.54, 1.807) is 11.3 Å². The van der Waals surface area contributed by atoms with Crippen LogP contribution in [0.2, 0.25) is 0 Å². The smallest absolute Gasteiger partial charge is 0.237 e. The van der Waals surface area contributed by atoms with Crippen molar-refractivity contribution in [1.29, 1.82) is 0 Å². The maximum Gasteiger partial charge on any atom is 0.237 e. The lowest BCUT2D eigenvalue weighted by molar-refractivity contribution is -0.124. The van der Waals surface area contributed by atoms with Crippen LogP contribution in [-0.2, 0) is 4.79 Å². The third kappa shape index (κ3) is 4.42. The molecule has 2 N–H and O–H groups in total. The van der Waals surface area contributed by atoms with E-state index in [1.807, 2.05) is 26.8 Å². The summed E-state index contributed by atoms with van der Waals surface area (Å²) < 4.78 is 0. The van der Waals surface area contributed by atoms with Crippen LogP contribution in [0.5, 0.6) is 0 Å². The van der Waals surface area contributed by atoms with Crippen LogP contribution in [0.25, 0.3) is 0 Å². The van der Waals surface area contributed by atoms with Gasteiger partial charge in [0.1, 0.15) is 0 Å². The van der Waals surface area contributed by atoms with Gasteiger partial charge in [0.25, 0.3) is 0 Å². The number of thiophene rings is 1. The Kier molecular flexibility index (Phi) is 5.35. The first-order valence-electron chi connectivity index (χ1n) is 6.47. The molecular formula is C14H24N2OS. The van der Waals surface area contributed by atoms with Crippen LogP contribution in [0.3, 0.4) is 0 Å². The summed E-state index contributed by atoms with van der Waals surface area (Å²) in [6, 6.07) is 4.13. The highest BCUT2D eigenvalue weighted by atomic mass is 32.1. The lowest BCUT2D eigenvalue weighted by Gasteiger charge is -2.27. The van der Waals surface area contributed by atoms with Gasteiger partial charge >= 0.3 is 0 Å². The third-order valence-electron chi connectivity index (χ3n) is 3.21. The minimum absolute atomic E-state index is 0.0604. The zero-order valence-corrected chi connectivity index (χ0v) is 12.7. The van der Waals surface area contributed by atoms with Crippen LogP contribution in [0, 0.1) is 0 Å². The summed E-state index contributed by atoms with van der Waals surface area (Å²) in [7, 11) is 0. The molecular weight excluding hydrogens is 244 g/mol. The Morgan fingerprint density at radius 3 is 2.61 bits per heavy atom. The van der Waals surface area contributed by atoms with Crippen molar-refractivity contribution in [3.8, 4) is 0 Å².